The van der Waals surface area contributed by atoms with Gasteiger partial charge in [0.15, 0.2) is 0 Å². The van der Waals surface area contributed by atoms with E-state index in [0.717, 1.165) is 12.8 Å². The summed E-state index contributed by atoms with van der Waals surface area (Å²) in [5, 5.41) is 0. The van der Waals surface area contributed by atoms with Crippen molar-refractivity contribution >= 4 is 17.2 Å². The number of hydrogen-bond acceptors (Lipinski definition) is 2. The molecule has 0 amide bonds. The second kappa shape index (κ2) is 6.44. The summed E-state index contributed by atoms with van der Waals surface area (Å²) in [6.45, 7) is 5.80. The zero-order chi connectivity index (χ0) is 11.3. The van der Waals surface area contributed by atoms with E-state index in [-0.39, 0.29) is 0 Å². The maximum Gasteiger partial charge on any atom is 0.0743 e. The average molecular weight is 228 g/mol. The third kappa shape index (κ3) is 4.07. The molecule has 0 spiro atoms. The van der Waals surface area contributed by atoms with Crippen LogP contribution < -0.4 is 5.73 Å². The van der Waals surface area contributed by atoms with Crippen LogP contribution in [-0.2, 0) is 0 Å². The zero-order valence-corrected chi connectivity index (χ0v) is 10.9. The number of rotatable bonds is 4. The highest BCUT2D eigenvalue weighted by atomic mass is 32.1. The predicted molar refractivity (Wildman–Crippen MR) is 70.1 cm³/mol. The quantitative estimate of drug-likeness (QED) is 0.750. The minimum Gasteiger partial charge on any atom is -0.393 e. The molecule has 1 rings (SSSR count). The Morgan fingerprint density at radius 3 is 2.80 bits per heavy atom. The van der Waals surface area contributed by atoms with Crippen LogP contribution in [-0.4, -0.2) is 28.5 Å². The van der Waals surface area contributed by atoms with E-state index in [9.17, 15) is 0 Å². The smallest absolute Gasteiger partial charge is 0.0743 e. The summed E-state index contributed by atoms with van der Waals surface area (Å²) in [7, 11) is 0. The van der Waals surface area contributed by atoms with Crippen molar-refractivity contribution in [3.05, 3.63) is 0 Å². The lowest BCUT2D eigenvalue weighted by Gasteiger charge is -2.34. The van der Waals surface area contributed by atoms with E-state index in [0.29, 0.717) is 17.1 Å². The van der Waals surface area contributed by atoms with E-state index in [4.69, 9.17) is 18.0 Å². The van der Waals surface area contributed by atoms with Crippen LogP contribution in [0.1, 0.15) is 52.4 Å². The van der Waals surface area contributed by atoms with Crippen LogP contribution in [0.4, 0.5) is 0 Å². The van der Waals surface area contributed by atoms with E-state index >= 15 is 0 Å². The molecule has 2 nitrogen and oxygen atoms in total. The molecule has 1 fully saturated rings. The van der Waals surface area contributed by atoms with Gasteiger partial charge >= 0.3 is 0 Å². The molecule has 1 aliphatic heterocycles. The van der Waals surface area contributed by atoms with Gasteiger partial charge in [-0.3, -0.25) is 4.90 Å². The van der Waals surface area contributed by atoms with Crippen LogP contribution in [0.2, 0.25) is 0 Å². The molecular formula is C12H24N2S. The Labute approximate surface area is 99.2 Å². The maximum atomic E-state index is 5.66. The fourth-order valence-electron chi connectivity index (χ4n) is 2.57. The molecule has 2 N–H and O–H groups in total. The van der Waals surface area contributed by atoms with Gasteiger partial charge in [0, 0.05) is 18.5 Å². The Kier molecular flexibility index (Phi) is 5.54. The first-order valence-electron chi connectivity index (χ1n) is 6.19. The van der Waals surface area contributed by atoms with Crippen LogP contribution >= 0.6 is 12.2 Å². The number of nitrogens with two attached hydrogens (primary N) is 1. The molecule has 0 radical (unpaired) electrons. The van der Waals surface area contributed by atoms with Crippen molar-refractivity contribution < 1.29 is 0 Å². The third-order valence-electron chi connectivity index (χ3n) is 3.48. The molecule has 1 heterocycles. The van der Waals surface area contributed by atoms with E-state index in [1.807, 2.05) is 0 Å². The van der Waals surface area contributed by atoms with Gasteiger partial charge in [0.25, 0.3) is 0 Å². The molecule has 15 heavy (non-hydrogen) atoms. The Morgan fingerprint density at radius 2 is 2.20 bits per heavy atom. The van der Waals surface area contributed by atoms with E-state index in [1.54, 1.807) is 0 Å². The fraction of sp³-hybridized carbons (Fsp3) is 0.917. The molecule has 0 aromatic rings. The van der Waals surface area contributed by atoms with Gasteiger partial charge < -0.3 is 5.73 Å². The summed E-state index contributed by atoms with van der Waals surface area (Å²) >= 11 is 5.03. The van der Waals surface area contributed by atoms with Gasteiger partial charge in [-0.25, -0.2) is 0 Å². The lowest BCUT2D eigenvalue weighted by Crippen LogP contribution is -2.43. The monoisotopic (exact) mass is 228 g/mol. The number of likely N-dealkylation sites (tertiary alicyclic amines) is 1. The average Bonchev–Trinajstić information content (AvgIpc) is 2.39. The first-order chi connectivity index (χ1) is 7.15. The standard InChI is InChI=1S/C12H24N2S/c1-3-11(9-12(13)15)14-8-6-4-5-7-10(14)2/h10-11H,3-9H2,1-2H3,(H2,13,15). The summed E-state index contributed by atoms with van der Waals surface area (Å²) in [6, 6.07) is 1.27. The molecule has 2 unspecified atom stereocenters. The summed E-state index contributed by atoms with van der Waals surface area (Å²) in [6.07, 6.45) is 7.45. The molecule has 3 heteroatoms. The van der Waals surface area contributed by atoms with Gasteiger partial charge in [-0.1, -0.05) is 32.0 Å². The third-order valence-corrected chi connectivity index (χ3v) is 3.65. The lowest BCUT2D eigenvalue weighted by atomic mass is 10.1. The SMILES string of the molecule is CCC(CC(N)=S)N1CCCCCC1C. The topological polar surface area (TPSA) is 29.3 Å². The first kappa shape index (κ1) is 12.9. The van der Waals surface area contributed by atoms with Crippen molar-refractivity contribution in [3.63, 3.8) is 0 Å². The van der Waals surface area contributed by atoms with E-state index in [1.165, 1.54) is 32.2 Å². The highest BCUT2D eigenvalue weighted by molar-refractivity contribution is 7.80. The van der Waals surface area contributed by atoms with Gasteiger partial charge in [0.1, 0.15) is 0 Å². The van der Waals surface area contributed by atoms with Gasteiger partial charge in [-0.2, -0.15) is 0 Å². The van der Waals surface area contributed by atoms with Crippen molar-refractivity contribution in [2.45, 2.75) is 64.5 Å². The number of hydrogen-bond donors (Lipinski definition) is 1. The first-order valence-corrected chi connectivity index (χ1v) is 6.60. The van der Waals surface area contributed by atoms with E-state index < -0.39 is 0 Å². The van der Waals surface area contributed by atoms with Crippen LogP contribution in [0, 0.1) is 0 Å². The van der Waals surface area contributed by atoms with E-state index in [2.05, 4.69) is 18.7 Å². The van der Waals surface area contributed by atoms with Gasteiger partial charge in [-0.15, -0.1) is 0 Å². The van der Waals surface area contributed by atoms with Crippen molar-refractivity contribution in [2.75, 3.05) is 6.54 Å². The molecule has 0 saturated carbocycles. The van der Waals surface area contributed by atoms with Gasteiger partial charge in [0.05, 0.1) is 4.99 Å². The van der Waals surface area contributed by atoms with Crippen LogP contribution in [0.5, 0.6) is 0 Å². The maximum absolute atomic E-state index is 5.66. The van der Waals surface area contributed by atoms with Gasteiger partial charge in [-0.05, 0) is 32.7 Å². The van der Waals surface area contributed by atoms with Crippen molar-refractivity contribution in [3.8, 4) is 0 Å². The molecule has 0 aliphatic carbocycles. The Balaban J connectivity index is 2.58. The second-order valence-electron chi connectivity index (χ2n) is 4.67. The normalized spacial score (nSPS) is 25.9. The second-order valence-corrected chi connectivity index (χ2v) is 5.19. The highest BCUT2D eigenvalue weighted by Crippen LogP contribution is 2.21. The summed E-state index contributed by atoms with van der Waals surface area (Å²) in [5.74, 6) is 0. The van der Waals surface area contributed by atoms with Crippen LogP contribution in [0.15, 0.2) is 0 Å². The molecule has 0 bridgehead atoms. The highest BCUT2D eigenvalue weighted by Gasteiger charge is 2.23. The minimum atomic E-state index is 0.565. The zero-order valence-electron chi connectivity index (χ0n) is 10.0. The summed E-state index contributed by atoms with van der Waals surface area (Å²) in [4.78, 5) is 3.28. The summed E-state index contributed by atoms with van der Waals surface area (Å²) < 4.78 is 0. The van der Waals surface area contributed by atoms with Crippen LogP contribution in [0.3, 0.4) is 0 Å². The molecule has 1 aliphatic rings. The molecule has 2 atom stereocenters. The Bertz CT molecular complexity index is 206. The largest absolute Gasteiger partial charge is 0.393 e. The number of thiocarbonyl (C=S) groups is 1. The molecule has 88 valence electrons. The minimum absolute atomic E-state index is 0.565. The fourth-order valence-corrected chi connectivity index (χ4v) is 2.76. The molecule has 0 aromatic heterocycles. The molecule has 0 aromatic carbocycles. The van der Waals surface area contributed by atoms with Crippen molar-refractivity contribution in [1.82, 2.24) is 4.90 Å². The van der Waals surface area contributed by atoms with Crippen LogP contribution in [0.25, 0.3) is 0 Å². The summed E-state index contributed by atoms with van der Waals surface area (Å²) in [5.41, 5.74) is 5.66. The Morgan fingerprint density at radius 1 is 1.47 bits per heavy atom. The Hall–Kier alpha value is -0.150. The number of nitrogens with zero attached hydrogens (tertiary/aromatic N) is 1. The van der Waals surface area contributed by atoms with Crippen molar-refractivity contribution in [1.29, 1.82) is 0 Å². The van der Waals surface area contributed by atoms with Gasteiger partial charge in [0.2, 0.25) is 0 Å². The lowest BCUT2D eigenvalue weighted by molar-refractivity contribution is 0.146. The molecular weight excluding hydrogens is 204 g/mol. The predicted octanol–water partition coefficient (Wildman–Crippen LogP) is 2.71. The molecule has 1 saturated heterocycles. The van der Waals surface area contributed by atoms with Crippen molar-refractivity contribution in [2.24, 2.45) is 5.73 Å².